The summed E-state index contributed by atoms with van der Waals surface area (Å²) in [6.07, 6.45) is 0. The van der Waals surface area contributed by atoms with Crippen LogP contribution < -0.4 is 5.73 Å². The normalized spacial score (nSPS) is 11.1. The molecule has 6 heteroatoms. The Morgan fingerprint density at radius 1 is 0.895 bits per heavy atom. The first-order valence-corrected chi connectivity index (χ1v) is 6.58. The van der Waals surface area contributed by atoms with Crippen LogP contribution in [0, 0.1) is 0 Å². The average molecular weight is 313 g/mol. The van der Waals surface area contributed by atoms with Crippen LogP contribution in [-0.4, -0.2) is 9.55 Å². The first-order chi connectivity index (χ1) is 9.04. The largest absolute Gasteiger partial charge is 0.369 e. The van der Waals surface area contributed by atoms with Crippen LogP contribution in [0.25, 0.3) is 16.7 Å². The van der Waals surface area contributed by atoms with Crippen LogP contribution in [0.5, 0.6) is 0 Å². The molecule has 0 unspecified atom stereocenters. The van der Waals surface area contributed by atoms with Crippen molar-refractivity contribution < 1.29 is 0 Å². The molecule has 0 atom stereocenters. The van der Waals surface area contributed by atoms with Crippen LogP contribution in [-0.2, 0) is 0 Å². The zero-order chi connectivity index (χ0) is 13.6. The summed E-state index contributed by atoms with van der Waals surface area (Å²) in [6.45, 7) is 0. The minimum absolute atomic E-state index is 0.357. The van der Waals surface area contributed by atoms with Crippen LogP contribution in [0.3, 0.4) is 0 Å². The van der Waals surface area contributed by atoms with E-state index in [1.54, 1.807) is 34.9 Å². The molecule has 3 nitrogen and oxygen atoms in total. The summed E-state index contributed by atoms with van der Waals surface area (Å²) >= 11 is 18.0. The van der Waals surface area contributed by atoms with Gasteiger partial charge in [0.2, 0.25) is 5.95 Å². The maximum atomic E-state index is 6.02. The van der Waals surface area contributed by atoms with Crippen molar-refractivity contribution in [3.05, 3.63) is 51.5 Å². The SMILES string of the molecule is Nc1nc2cc(Cl)ccc2n1-c1cc(Cl)cc(Cl)c1. The van der Waals surface area contributed by atoms with Gasteiger partial charge in [0.05, 0.1) is 16.7 Å². The molecule has 0 aliphatic carbocycles. The highest BCUT2D eigenvalue weighted by Crippen LogP contribution is 2.28. The molecule has 0 saturated carbocycles. The van der Waals surface area contributed by atoms with Crippen molar-refractivity contribution in [3.63, 3.8) is 0 Å². The maximum absolute atomic E-state index is 6.02. The number of nitrogens with two attached hydrogens (primary N) is 1. The molecule has 0 aliphatic heterocycles. The van der Waals surface area contributed by atoms with Gasteiger partial charge in [-0.25, -0.2) is 4.98 Å². The molecule has 2 N–H and O–H groups in total. The van der Waals surface area contributed by atoms with Crippen LogP contribution >= 0.6 is 34.8 Å². The lowest BCUT2D eigenvalue weighted by molar-refractivity contribution is 1.11. The Morgan fingerprint density at radius 2 is 1.58 bits per heavy atom. The fraction of sp³-hybridized carbons (Fsp3) is 0. The van der Waals surface area contributed by atoms with E-state index in [1.165, 1.54) is 0 Å². The molecule has 3 aromatic rings. The summed E-state index contributed by atoms with van der Waals surface area (Å²) in [5.74, 6) is 0.357. The molecule has 0 radical (unpaired) electrons. The van der Waals surface area contributed by atoms with E-state index in [2.05, 4.69) is 4.98 Å². The topological polar surface area (TPSA) is 43.8 Å². The number of hydrogen-bond donors (Lipinski definition) is 1. The first-order valence-electron chi connectivity index (χ1n) is 5.44. The molecule has 1 heterocycles. The van der Waals surface area contributed by atoms with Gasteiger partial charge in [0, 0.05) is 15.1 Å². The van der Waals surface area contributed by atoms with E-state index in [0.717, 1.165) is 16.7 Å². The number of nitrogen functional groups attached to an aromatic ring is 1. The average Bonchev–Trinajstić information content (AvgIpc) is 2.62. The lowest BCUT2D eigenvalue weighted by Gasteiger charge is -2.07. The monoisotopic (exact) mass is 311 g/mol. The maximum Gasteiger partial charge on any atom is 0.205 e. The van der Waals surface area contributed by atoms with Gasteiger partial charge in [0.25, 0.3) is 0 Å². The lowest BCUT2D eigenvalue weighted by atomic mass is 10.3. The third-order valence-electron chi connectivity index (χ3n) is 2.75. The van der Waals surface area contributed by atoms with E-state index < -0.39 is 0 Å². The molecule has 0 saturated heterocycles. The van der Waals surface area contributed by atoms with Gasteiger partial charge in [-0.2, -0.15) is 0 Å². The number of halogens is 3. The molecule has 2 aromatic carbocycles. The zero-order valence-electron chi connectivity index (χ0n) is 9.57. The minimum Gasteiger partial charge on any atom is -0.369 e. The molecule has 0 fully saturated rings. The Morgan fingerprint density at radius 3 is 2.26 bits per heavy atom. The van der Waals surface area contributed by atoms with Crippen molar-refractivity contribution in [2.45, 2.75) is 0 Å². The van der Waals surface area contributed by atoms with Crippen LogP contribution in [0.15, 0.2) is 36.4 Å². The molecule has 1 aromatic heterocycles. The van der Waals surface area contributed by atoms with Gasteiger partial charge in [-0.3, -0.25) is 4.57 Å². The second kappa shape index (κ2) is 4.60. The molecule has 96 valence electrons. The Balaban J connectivity index is 2.32. The Labute approximate surface area is 124 Å². The van der Waals surface area contributed by atoms with Crippen molar-refractivity contribution in [1.29, 1.82) is 0 Å². The van der Waals surface area contributed by atoms with E-state index in [0.29, 0.717) is 21.0 Å². The van der Waals surface area contributed by atoms with E-state index in [4.69, 9.17) is 40.5 Å². The Hall–Kier alpha value is -1.42. The highest BCUT2D eigenvalue weighted by atomic mass is 35.5. The fourth-order valence-electron chi connectivity index (χ4n) is 2.01. The predicted molar refractivity (Wildman–Crippen MR) is 80.5 cm³/mol. The lowest BCUT2D eigenvalue weighted by Crippen LogP contribution is -2.00. The highest BCUT2D eigenvalue weighted by Gasteiger charge is 2.11. The van der Waals surface area contributed by atoms with E-state index >= 15 is 0 Å². The van der Waals surface area contributed by atoms with E-state index in [9.17, 15) is 0 Å². The van der Waals surface area contributed by atoms with Crippen molar-refractivity contribution in [2.75, 3.05) is 5.73 Å². The van der Waals surface area contributed by atoms with Gasteiger partial charge < -0.3 is 5.73 Å². The van der Waals surface area contributed by atoms with Gasteiger partial charge >= 0.3 is 0 Å². The number of anilines is 1. The zero-order valence-corrected chi connectivity index (χ0v) is 11.8. The van der Waals surface area contributed by atoms with Crippen molar-refractivity contribution >= 4 is 51.8 Å². The number of nitrogens with zero attached hydrogens (tertiary/aromatic N) is 2. The number of benzene rings is 2. The summed E-state index contributed by atoms with van der Waals surface area (Å²) in [5, 5.41) is 1.69. The van der Waals surface area contributed by atoms with Gasteiger partial charge in [-0.05, 0) is 36.4 Å². The summed E-state index contributed by atoms with van der Waals surface area (Å²) < 4.78 is 1.78. The molecule has 0 aliphatic rings. The molecule has 3 rings (SSSR count). The van der Waals surface area contributed by atoms with Crippen LogP contribution in [0.1, 0.15) is 0 Å². The smallest absolute Gasteiger partial charge is 0.205 e. The van der Waals surface area contributed by atoms with E-state index in [-0.39, 0.29) is 0 Å². The fourth-order valence-corrected chi connectivity index (χ4v) is 2.69. The Kier molecular flexibility index (Phi) is 3.05. The van der Waals surface area contributed by atoms with Gasteiger partial charge in [-0.15, -0.1) is 0 Å². The first kappa shape index (κ1) is 12.6. The summed E-state index contributed by atoms with van der Waals surface area (Å²) in [5.41, 5.74) is 8.29. The third-order valence-corrected chi connectivity index (χ3v) is 3.42. The van der Waals surface area contributed by atoms with Crippen molar-refractivity contribution in [1.82, 2.24) is 9.55 Å². The number of rotatable bonds is 1. The third kappa shape index (κ3) is 2.25. The molecule has 0 amide bonds. The second-order valence-corrected chi connectivity index (χ2v) is 5.38. The van der Waals surface area contributed by atoms with E-state index in [1.807, 2.05) is 6.07 Å². The van der Waals surface area contributed by atoms with Crippen LogP contribution in [0.2, 0.25) is 15.1 Å². The highest BCUT2D eigenvalue weighted by molar-refractivity contribution is 6.35. The minimum atomic E-state index is 0.357. The van der Waals surface area contributed by atoms with Gasteiger partial charge in [0.15, 0.2) is 0 Å². The second-order valence-electron chi connectivity index (χ2n) is 4.07. The summed E-state index contributed by atoms with van der Waals surface area (Å²) in [4.78, 5) is 4.28. The molecule has 19 heavy (non-hydrogen) atoms. The number of imidazole rings is 1. The number of fused-ring (bicyclic) bond motifs is 1. The molecular weight excluding hydrogens is 305 g/mol. The number of hydrogen-bond acceptors (Lipinski definition) is 2. The molecule has 0 spiro atoms. The predicted octanol–water partition coefficient (Wildman–Crippen LogP) is 4.57. The summed E-state index contributed by atoms with van der Waals surface area (Å²) in [7, 11) is 0. The standard InChI is InChI=1S/C13H8Cl3N3/c14-7-1-2-12-11(6-7)18-13(17)19(12)10-4-8(15)3-9(16)5-10/h1-6H,(H2,17,18). The van der Waals surface area contributed by atoms with Crippen molar-refractivity contribution in [3.8, 4) is 5.69 Å². The number of aromatic nitrogens is 2. The molecular formula is C13H8Cl3N3. The summed E-state index contributed by atoms with van der Waals surface area (Å²) in [6, 6.07) is 10.6. The quantitative estimate of drug-likeness (QED) is 0.715. The molecule has 0 bridgehead atoms. The van der Waals surface area contributed by atoms with Gasteiger partial charge in [0.1, 0.15) is 0 Å². The van der Waals surface area contributed by atoms with Gasteiger partial charge in [-0.1, -0.05) is 34.8 Å². The Bertz CT molecular complexity index is 760. The van der Waals surface area contributed by atoms with Crippen molar-refractivity contribution in [2.24, 2.45) is 0 Å². The van der Waals surface area contributed by atoms with Crippen LogP contribution in [0.4, 0.5) is 5.95 Å².